The van der Waals surface area contributed by atoms with Gasteiger partial charge in [-0.1, -0.05) is 43.7 Å². The third-order valence-electron chi connectivity index (χ3n) is 3.38. The van der Waals surface area contributed by atoms with E-state index in [2.05, 4.69) is 48.7 Å². The molecule has 0 heterocycles. The molecule has 0 saturated heterocycles. The van der Waals surface area contributed by atoms with Gasteiger partial charge in [0.25, 0.3) is 0 Å². The molecule has 0 spiro atoms. The molecule has 0 aliphatic carbocycles. The standard InChI is InChI=1S/C16H24N2O3/c1-12-6-8-13(9-7-12)16(2,3)11-18-15(21)17-10-4-5-14(19)20/h6-9H,4-5,10-11H2,1-3H3,(H,19,20)(H2,17,18,21). The lowest BCUT2D eigenvalue weighted by atomic mass is 9.84. The van der Waals surface area contributed by atoms with Crippen molar-refractivity contribution < 1.29 is 14.7 Å². The Morgan fingerprint density at radius 3 is 2.33 bits per heavy atom. The highest BCUT2D eigenvalue weighted by Crippen LogP contribution is 2.22. The molecule has 116 valence electrons. The summed E-state index contributed by atoms with van der Waals surface area (Å²) in [5, 5.41) is 14.0. The summed E-state index contributed by atoms with van der Waals surface area (Å²) in [6.45, 7) is 7.06. The van der Waals surface area contributed by atoms with Crippen molar-refractivity contribution in [2.75, 3.05) is 13.1 Å². The molecule has 0 aliphatic rings. The van der Waals surface area contributed by atoms with Gasteiger partial charge in [0.2, 0.25) is 0 Å². The predicted molar refractivity (Wildman–Crippen MR) is 82.5 cm³/mol. The topological polar surface area (TPSA) is 78.4 Å². The second-order valence-corrected chi connectivity index (χ2v) is 5.86. The highest BCUT2D eigenvalue weighted by atomic mass is 16.4. The maximum Gasteiger partial charge on any atom is 0.314 e. The van der Waals surface area contributed by atoms with Gasteiger partial charge in [-0.3, -0.25) is 4.79 Å². The molecule has 0 bridgehead atoms. The fraction of sp³-hybridized carbons (Fsp3) is 0.500. The van der Waals surface area contributed by atoms with Crippen molar-refractivity contribution in [3.8, 4) is 0 Å². The van der Waals surface area contributed by atoms with Gasteiger partial charge in [0.15, 0.2) is 0 Å². The summed E-state index contributed by atoms with van der Waals surface area (Å²) in [6, 6.07) is 8.00. The summed E-state index contributed by atoms with van der Waals surface area (Å²) in [4.78, 5) is 22.0. The van der Waals surface area contributed by atoms with E-state index < -0.39 is 5.97 Å². The molecule has 1 aromatic carbocycles. The lowest BCUT2D eigenvalue weighted by Crippen LogP contribution is -2.42. The van der Waals surface area contributed by atoms with Gasteiger partial charge >= 0.3 is 12.0 Å². The highest BCUT2D eigenvalue weighted by molar-refractivity contribution is 5.74. The van der Waals surface area contributed by atoms with Crippen LogP contribution >= 0.6 is 0 Å². The summed E-state index contributed by atoms with van der Waals surface area (Å²) >= 11 is 0. The number of aryl methyl sites for hydroxylation is 1. The second kappa shape index (κ2) is 7.67. The molecule has 0 fully saturated rings. The fourth-order valence-electron chi connectivity index (χ4n) is 1.91. The van der Waals surface area contributed by atoms with Crippen LogP contribution in [0.4, 0.5) is 4.79 Å². The molecule has 21 heavy (non-hydrogen) atoms. The third-order valence-corrected chi connectivity index (χ3v) is 3.38. The van der Waals surface area contributed by atoms with E-state index >= 15 is 0 Å². The zero-order valence-corrected chi connectivity index (χ0v) is 12.9. The quantitative estimate of drug-likeness (QED) is 0.675. The molecule has 5 heteroatoms. The predicted octanol–water partition coefficient (Wildman–Crippen LogP) is 2.44. The minimum Gasteiger partial charge on any atom is -0.481 e. The maximum absolute atomic E-state index is 11.7. The smallest absolute Gasteiger partial charge is 0.314 e. The number of carboxylic acids is 1. The fourth-order valence-corrected chi connectivity index (χ4v) is 1.91. The van der Waals surface area contributed by atoms with Crippen molar-refractivity contribution in [3.63, 3.8) is 0 Å². The molecule has 0 radical (unpaired) electrons. The SMILES string of the molecule is Cc1ccc(C(C)(C)CNC(=O)NCCCC(=O)O)cc1. The van der Waals surface area contributed by atoms with Crippen molar-refractivity contribution >= 4 is 12.0 Å². The van der Waals surface area contributed by atoms with E-state index in [1.807, 2.05) is 6.92 Å². The number of carboxylic acid groups (broad SMARTS) is 1. The number of urea groups is 1. The minimum atomic E-state index is -0.849. The summed E-state index contributed by atoms with van der Waals surface area (Å²) in [7, 11) is 0. The van der Waals surface area contributed by atoms with Gasteiger partial charge in [-0.2, -0.15) is 0 Å². The van der Waals surface area contributed by atoms with Crippen LogP contribution in [0.3, 0.4) is 0 Å². The summed E-state index contributed by atoms with van der Waals surface area (Å²) in [5.41, 5.74) is 2.21. The molecule has 0 unspecified atom stereocenters. The van der Waals surface area contributed by atoms with Crippen LogP contribution in [0.1, 0.15) is 37.8 Å². The second-order valence-electron chi connectivity index (χ2n) is 5.86. The third kappa shape index (κ3) is 6.29. The normalized spacial score (nSPS) is 11.0. The van der Waals surface area contributed by atoms with Gasteiger partial charge in [0.05, 0.1) is 0 Å². The van der Waals surface area contributed by atoms with Gasteiger partial charge in [0, 0.05) is 24.9 Å². The Balaban J connectivity index is 2.37. The first-order chi connectivity index (χ1) is 9.81. The molecule has 1 rings (SSSR count). The average Bonchev–Trinajstić information content (AvgIpc) is 2.42. The molecule has 0 aromatic heterocycles. The van der Waals surface area contributed by atoms with Crippen molar-refractivity contribution in [3.05, 3.63) is 35.4 Å². The molecule has 0 saturated carbocycles. The van der Waals surface area contributed by atoms with Gasteiger partial charge in [-0.25, -0.2) is 4.79 Å². The van der Waals surface area contributed by atoms with Crippen LogP contribution in [0.2, 0.25) is 0 Å². The van der Waals surface area contributed by atoms with Crippen LogP contribution < -0.4 is 10.6 Å². The van der Waals surface area contributed by atoms with Gasteiger partial charge in [-0.05, 0) is 18.9 Å². The molecule has 2 amide bonds. The molecular weight excluding hydrogens is 268 g/mol. The highest BCUT2D eigenvalue weighted by Gasteiger charge is 2.21. The number of aliphatic carboxylic acids is 1. The number of nitrogens with one attached hydrogen (secondary N) is 2. The first kappa shape index (κ1) is 17.0. The summed E-state index contributed by atoms with van der Waals surface area (Å²) < 4.78 is 0. The number of hydrogen-bond acceptors (Lipinski definition) is 2. The van der Waals surface area contributed by atoms with Crippen LogP contribution in [0.15, 0.2) is 24.3 Å². The lowest BCUT2D eigenvalue weighted by Gasteiger charge is -2.26. The number of benzene rings is 1. The van der Waals surface area contributed by atoms with E-state index in [1.54, 1.807) is 0 Å². The minimum absolute atomic E-state index is 0.0646. The van der Waals surface area contributed by atoms with Crippen LogP contribution in [-0.4, -0.2) is 30.2 Å². The Morgan fingerprint density at radius 1 is 1.14 bits per heavy atom. The Labute approximate surface area is 125 Å². The molecule has 5 nitrogen and oxygen atoms in total. The van der Waals surface area contributed by atoms with Crippen molar-refractivity contribution in [2.45, 2.75) is 39.0 Å². The average molecular weight is 292 g/mol. The maximum atomic E-state index is 11.7. The molecule has 1 aromatic rings. The monoisotopic (exact) mass is 292 g/mol. The van der Waals surface area contributed by atoms with E-state index in [0.29, 0.717) is 19.5 Å². The van der Waals surface area contributed by atoms with Crippen molar-refractivity contribution in [1.29, 1.82) is 0 Å². The zero-order chi connectivity index (χ0) is 15.9. The Kier molecular flexibility index (Phi) is 6.21. The Morgan fingerprint density at radius 2 is 1.76 bits per heavy atom. The van der Waals surface area contributed by atoms with E-state index in [4.69, 9.17) is 5.11 Å². The van der Waals surface area contributed by atoms with Crippen molar-refractivity contribution in [1.82, 2.24) is 10.6 Å². The first-order valence-corrected chi connectivity index (χ1v) is 7.12. The van der Waals surface area contributed by atoms with Crippen LogP contribution in [0.25, 0.3) is 0 Å². The zero-order valence-electron chi connectivity index (χ0n) is 12.9. The Bertz CT molecular complexity index is 481. The van der Waals surface area contributed by atoms with Gasteiger partial charge < -0.3 is 15.7 Å². The molecule has 0 atom stereocenters. The number of amides is 2. The van der Waals surface area contributed by atoms with Crippen LogP contribution in [0.5, 0.6) is 0 Å². The van der Waals surface area contributed by atoms with E-state index in [-0.39, 0.29) is 17.9 Å². The molecular formula is C16H24N2O3. The van der Waals surface area contributed by atoms with E-state index in [9.17, 15) is 9.59 Å². The van der Waals surface area contributed by atoms with Crippen molar-refractivity contribution in [2.24, 2.45) is 0 Å². The van der Waals surface area contributed by atoms with E-state index in [0.717, 1.165) is 0 Å². The van der Waals surface area contributed by atoms with Crippen LogP contribution in [-0.2, 0) is 10.2 Å². The van der Waals surface area contributed by atoms with E-state index in [1.165, 1.54) is 11.1 Å². The molecule has 3 N–H and O–H groups in total. The van der Waals surface area contributed by atoms with Gasteiger partial charge in [-0.15, -0.1) is 0 Å². The number of carbonyl (C=O) groups is 2. The molecule has 0 aliphatic heterocycles. The lowest BCUT2D eigenvalue weighted by molar-refractivity contribution is -0.137. The number of hydrogen-bond donors (Lipinski definition) is 3. The first-order valence-electron chi connectivity index (χ1n) is 7.12. The Hall–Kier alpha value is -2.04. The number of rotatable bonds is 7. The van der Waals surface area contributed by atoms with Gasteiger partial charge in [0.1, 0.15) is 0 Å². The summed E-state index contributed by atoms with van der Waals surface area (Å²) in [5.74, 6) is -0.849. The van der Waals surface area contributed by atoms with Crippen LogP contribution in [0, 0.1) is 6.92 Å². The largest absolute Gasteiger partial charge is 0.481 e. The summed E-state index contributed by atoms with van der Waals surface area (Å²) in [6.07, 6.45) is 0.499. The number of carbonyl (C=O) groups excluding carboxylic acids is 1.